The number of amides is 2. The van der Waals surface area contributed by atoms with Crippen LogP contribution in [0.1, 0.15) is 46.0 Å². The Morgan fingerprint density at radius 3 is 1.94 bits per heavy atom. The van der Waals surface area contributed by atoms with E-state index in [-0.39, 0.29) is 24.0 Å². The minimum absolute atomic E-state index is 0.0115. The monoisotopic (exact) mass is 242 g/mol. The van der Waals surface area contributed by atoms with Crippen molar-refractivity contribution in [3.8, 4) is 0 Å². The van der Waals surface area contributed by atoms with E-state index >= 15 is 0 Å². The summed E-state index contributed by atoms with van der Waals surface area (Å²) in [5.41, 5.74) is 0. The van der Waals surface area contributed by atoms with Gasteiger partial charge in [0.25, 0.3) is 0 Å². The normalized spacial score (nSPS) is 9.76. The number of carbonyl (C=O) groups excluding carboxylic acids is 3. The molecule has 2 amide bonds. The highest BCUT2D eigenvalue weighted by molar-refractivity contribution is 5.83. The van der Waals surface area contributed by atoms with Crippen molar-refractivity contribution in [3.05, 3.63) is 0 Å². The van der Waals surface area contributed by atoms with E-state index in [9.17, 15) is 14.4 Å². The van der Waals surface area contributed by atoms with Gasteiger partial charge >= 0.3 is 0 Å². The maximum absolute atomic E-state index is 11.2. The molecule has 17 heavy (non-hydrogen) atoms. The number of hydrogen-bond donors (Lipinski definition) is 2. The zero-order valence-corrected chi connectivity index (χ0v) is 10.7. The third-order valence-corrected chi connectivity index (χ3v) is 2.25. The van der Waals surface area contributed by atoms with Gasteiger partial charge in [-0.1, -0.05) is 0 Å². The molecule has 98 valence electrons. The Morgan fingerprint density at radius 1 is 0.824 bits per heavy atom. The Morgan fingerprint density at radius 2 is 1.41 bits per heavy atom. The molecule has 0 bridgehead atoms. The van der Waals surface area contributed by atoms with Crippen LogP contribution in [0.4, 0.5) is 0 Å². The van der Waals surface area contributed by atoms with Crippen molar-refractivity contribution >= 4 is 17.6 Å². The van der Waals surface area contributed by atoms with Gasteiger partial charge in [-0.25, -0.2) is 0 Å². The number of Topliss-reactive ketones (excluding diaryl/α,β-unsaturated/α-hetero) is 1. The second-order valence-corrected chi connectivity index (χ2v) is 4.10. The van der Waals surface area contributed by atoms with Gasteiger partial charge < -0.3 is 15.4 Å². The van der Waals surface area contributed by atoms with Crippen molar-refractivity contribution in [2.24, 2.45) is 0 Å². The number of ketones is 1. The maximum Gasteiger partial charge on any atom is 0.220 e. The lowest BCUT2D eigenvalue weighted by Crippen LogP contribution is -2.25. The van der Waals surface area contributed by atoms with Crippen LogP contribution in [-0.2, 0) is 14.4 Å². The smallest absolute Gasteiger partial charge is 0.220 e. The highest BCUT2D eigenvalue weighted by atomic mass is 16.2. The van der Waals surface area contributed by atoms with Gasteiger partial charge in [-0.2, -0.15) is 0 Å². The van der Waals surface area contributed by atoms with Crippen LogP contribution in [0, 0.1) is 0 Å². The summed E-state index contributed by atoms with van der Waals surface area (Å²) in [4.78, 5) is 32.4. The fraction of sp³-hybridized carbons (Fsp3) is 0.750. The van der Waals surface area contributed by atoms with Crippen LogP contribution in [0.5, 0.6) is 0 Å². The molecule has 0 aliphatic carbocycles. The van der Waals surface area contributed by atoms with Gasteiger partial charge in [0.05, 0.1) is 0 Å². The zero-order chi connectivity index (χ0) is 13.1. The molecule has 0 heterocycles. The first-order valence-electron chi connectivity index (χ1n) is 6.03. The van der Waals surface area contributed by atoms with Crippen LogP contribution in [0.2, 0.25) is 0 Å². The minimum atomic E-state index is -0.0675. The van der Waals surface area contributed by atoms with E-state index in [0.717, 1.165) is 19.3 Å². The van der Waals surface area contributed by atoms with Crippen molar-refractivity contribution < 1.29 is 14.4 Å². The molecule has 0 aliphatic rings. The standard InChI is InChI=1S/C12H22N2O3/c1-10(15)6-7-12(17)14-9-5-3-4-8-13-11(2)16/h3-9H2,1-2H3,(H,13,16)(H,14,17). The largest absolute Gasteiger partial charge is 0.356 e. The van der Waals surface area contributed by atoms with Gasteiger partial charge in [-0.3, -0.25) is 9.59 Å². The first kappa shape index (κ1) is 15.6. The minimum Gasteiger partial charge on any atom is -0.356 e. The first-order valence-corrected chi connectivity index (χ1v) is 6.03. The molecular weight excluding hydrogens is 220 g/mol. The number of unbranched alkanes of at least 4 members (excludes halogenated alkanes) is 2. The Labute approximate surface area is 102 Å². The van der Waals surface area contributed by atoms with Gasteiger partial charge in [-0.15, -0.1) is 0 Å². The number of carbonyl (C=O) groups is 3. The topological polar surface area (TPSA) is 75.3 Å². The van der Waals surface area contributed by atoms with Crippen molar-refractivity contribution in [2.45, 2.75) is 46.0 Å². The van der Waals surface area contributed by atoms with Crippen molar-refractivity contribution in [2.75, 3.05) is 13.1 Å². The van der Waals surface area contributed by atoms with Crippen LogP contribution in [0.25, 0.3) is 0 Å². The molecule has 0 spiro atoms. The molecule has 0 saturated heterocycles. The summed E-state index contributed by atoms with van der Waals surface area (Å²) in [5, 5.41) is 5.47. The molecule has 0 radical (unpaired) electrons. The molecule has 0 saturated carbocycles. The molecule has 0 rings (SSSR count). The number of nitrogens with one attached hydrogen (secondary N) is 2. The van der Waals surface area contributed by atoms with Crippen LogP contribution >= 0.6 is 0 Å². The lowest BCUT2D eigenvalue weighted by molar-refractivity contribution is -0.124. The molecule has 5 nitrogen and oxygen atoms in total. The molecule has 0 aromatic heterocycles. The van der Waals surface area contributed by atoms with Crippen molar-refractivity contribution in [1.29, 1.82) is 0 Å². The Balaban J connectivity index is 3.24. The Hall–Kier alpha value is -1.39. The lowest BCUT2D eigenvalue weighted by Gasteiger charge is -2.04. The van der Waals surface area contributed by atoms with Gasteiger partial charge in [0, 0.05) is 32.9 Å². The highest BCUT2D eigenvalue weighted by Gasteiger charge is 2.02. The van der Waals surface area contributed by atoms with E-state index in [1.807, 2.05) is 0 Å². The van der Waals surface area contributed by atoms with Crippen molar-refractivity contribution in [1.82, 2.24) is 10.6 Å². The van der Waals surface area contributed by atoms with E-state index in [0.29, 0.717) is 19.5 Å². The Kier molecular flexibility index (Phi) is 9.01. The third kappa shape index (κ3) is 12.5. The van der Waals surface area contributed by atoms with E-state index in [4.69, 9.17) is 0 Å². The van der Waals surface area contributed by atoms with Gasteiger partial charge in [0.2, 0.25) is 11.8 Å². The van der Waals surface area contributed by atoms with E-state index in [2.05, 4.69) is 10.6 Å². The summed E-state index contributed by atoms with van der Waals surface area (Å²) in [5.74, 6) is -0.0416. The molecular formula is C12H22N2O3. The average molecular weight is 242 g/mol. The summed E-state index contributed by atoms with van der Waals surface area (Å²) in [6.45, 7) is 4.30. The molecule has 0 aromatic rings. The van der Waals surface area contributed by atoms with E-state index in [1.54, 1.807) is 0 Å². The molecule has 2 N–H and O–H groups in total. The highest BCUT2D eigenvalue weighted by Crippen LogP contribution is 1.94. The quantitative estimate of drug-likeness (QED) is 0.587. The second-order valence-electron chi connectivity index (χ2n) is 4.10. The molecule has 0 aromatic carbocycles. The second kappa shape index (κ2) is 9.81. The fourth-order valence-electron chi connectivity index (χ4n) is 1.30. The van der Waals surface area contributed by atoms with E-state index in [1.165, 1.54) is 13.8 Å². The van der Waals surface area contributed by atoms with Crippen LogP contribution in [-0.4, -0.2) is 30.7 Å². The predicted molar refractivity (Wildman–Crippen MR) is 65.5 cm³/mol. The van der Waals surface area contributed by atoms with Crippen molar-refractivity contribution in [3.63, 3.8) is 0 Å². The van der Waals surface area contributed by atoms with Gasteiger partial charge in [0.15, 0.2) is 0 Å². The predicted octanol–water partition coefficient (Wildman–Crippen LogP) is 0.778. The molecule has 5 heteroatoms. The summed E-state index contributed by atoms with van der Waals surface area (Å²) in [7, 11) is 0. The molecule has 0 atom stereocenters. The van der Waals surface area contributed by atoms with Gasteiger partial charge in [0.1, 0.15) is 5.78 Å². The van der Waals surface area contributed by atoms with Crippen LogP contribution in [0.3, 0.4) is 0 Å². The summed E-state index contributed by atoms with van der Waals surface area (Å²) >= 11 is 0. The zero-order valence-electron chi connectivity index (χ0n) is 10.7. The summed E-state index contributed by atoms with van der Waals surface area (Å²) in [6, 6.07) is 0. The van der Waals surface area contributed by atoms with Crippen LogP contribution < -0.4 is 10.6 Å². The van der Waals surface area contributed by atoms with Crippen LogP contribution in [0.15, 0.2) is 0 Å². The molecule has 0 fully saturated rings. The lowest BCUT2D eigenvalue weighted by atomic mass is 10.2. The van der Waals surface area contributed by atoms with Gasteiger partial charge in [-0.05, 0) is 26.2 Å². The summed E-state index contributed by atoms with van der Waals surface area (Å²) < 4.78 is 0. The maximum atomic E-state index is 11.2. The molecule has 0 aliphatic heterocycles. The fourth-order valence-corrected chi connectivity index (χ4v) is 1.30. The molecule has 0 unspecified atom stereocenters. The summed E-state index contributed by atoms with van der Waals surface area (Å²) in [6.07, 6.45) is 3.37. The van der Waals surface area contributed by atoms with E-state index < -0.39 is 0 Å². The SMILES string of the molecule is CC(=O)CCC(=O)NCCCCCNC(C)=O. The number of rotatable bonds is 9. The number of hydrogen-bond acceptors (Lipinski definition) is 3. The Bertz CT molecular complexity index is 264. The third-order valence-electron chi connectivity index (χ3n) is 2.25. The first-order chi connectivity index (χ1) is 8.02. The average Bonchev–Trinajstić information content (AvgIpc) is 2.24.